The molecule has 0 bridgehead atoms. The summed E-state index contributed by atoms with van der Waals surface area (Å²) in [5.74, 6) is 0. The van der Waals surface area contributed by atoms with Crippen LogP contribution in [0, 0.1) is 0 Å². The van der Waals surface area contributed by atoms with Crippen LogP contribution in [-0.2, 0) is 0 Å². The lowest BCUT2D eigenvalue weighted by Crippen LogP contribution is -2.41. The Labute approximate surface area is 68.6 Å². The maximum Gasteiger partial charge on any atom is 0.113 e. The van der Waals surface area contributed by atoms with E-state index in [9.17, 15) is 4.39 Å². The van der Waals surface area contributed by atoms with Gasteiger partial charge in [-0.1, -0.05) is 6.92 Å². The monoisotopic (exact) mass is 159 g/mol. The van der Waals surface area contributed by atoms with Crippen molar-refractivity contribution in [2.45, 2.75) is 45.3 Å². The van der Waals surface area contributed by atoms with Gasteiger partial charge in [0, 0.05) is 12.6 Å². The summed E-state index contributed by atoms with van der Waals surface area (Å²) in [6.45, 7) is 6.09. The van der Waals surface area contributed by atoms with Crippen LogP contribution in [0.15, 0.2) is 0 Å². The van der Waals surface area contributed by atoms with Gasteiger partial charge in [0.25, 0.3) is 0 Å². The van der Waals surface area contributed by atoms with Gasteiger partial charge in [0.1, 0.15) is 6.17 Å². The van der Waals surface area contributed by atoms with Crippen molar-refractivity contribution in [3.05, 3.63) is 0 Å². The molecule has 0 N–H and O–H groups in total. The zero-order chi connectivity index (χ0) is 8.27. The number of halogens is 1. The fraction of sp³-hybridized carbons (Fsp3) is 1.00. The first kappa shape index (κ1) is 8.98. The molecule has 1 aliphatic rings. The van der Waals surface area contributed by atoms with Gasteiger partial charge in [0.05, 0.1) is 0 Å². The van der Waals surface area contributed by atoms with E-state index in [1.807, 2.05) is 0 Å². The topological polar surface area (TPSA) is 3.24 Å². The van der Waals surface area contributed by atoms with E-state index in [1.165, 1.54) is 0 Å². The third-order valence-electron chi connectivity index (χ3n) is 2.61. The standard InChI is InChI=1S/C9H18FN/c1-3-8(2)11-6-4-5-9(10)7-11/h8-9H,3-7H2,1-2H3. The average molecular weight is 159 g/mol. The summed E-state index contributed by atoms with van der Waals surface area (Å²) >= 11 is 0. The zero-order valence-corrected chi connectivity index (χ0v) is 7.52. The number of nitrogens with zero attached hydrogens (tertiary/aromatic N) is 1. The molecule has 1 nitrogen and oxygen atoms in total. The molecule has 1 saturated heterocycles. The predicted octanol–water partition coefficient (Wildman–Crippen LogP) is 2.22. The third-order valence-corrected chi connectivity index (χ3v) is 2.61. The van der Waals surface area contributed by atoms with E-state index in [4.69, 9.17) is 0 Å². The normalized spacial score (nSPS) is 30.3. The average Bonchev–Trinajstić information content (AvgIpc) is 2.03. The summed E-state index contributed by atoms with van der Waals surface area (Å²) < 4.78 is 12.9. The van der Waals surface area contributed by atoms with Crippen LogP contribution in [-0.4, -0.2) is 30.2 Å². The second kappa shape index (κ2) is 4.05. The molecule has 2 heteroatoms. The van der Waals surface area contributed by atoms with Gasteiger partial charge in [0.15, 0.2) is 0 Å². The van der Waals surface area contributed by atoms with E-state index in [2.05, 4.69) is 18.7 Å². The van der Waals surface area contributed by atoms with Crippen molar-refractivity contribution in [1.29, 1.82) is 0 Å². The van der Waals surface area contributed by atoms with Crippen molar-refractivity contribution < 1.29 is 4.39 Å². The maximum atomic E-state index is 12.9. The van der Waals surface area contributed by atoms with Crippen molar-refractivity contribution in [2.75, 3.05) is 13.1 Å². The number of piperidine rings is 1. The third kappa shape index (κ3) is 2.44. The lowest BCUT2D eigenvalue weighted by Gasteiger charge is -2.33. The van der Waals surface area contributed by atoms with E-state index >= 15 is 0 Å². The number of hydrogen-bond acceptors (Lipinski definition) is 1. The molecule has 0 saturated carbocycles. The fourth-order valence-corrected chi connectivity index (χ4v) is 1.61. The molecule has 2 atom stereocenters. The first-order valence-corrected chi connectivity index (χ1v) is 4.62. The summed E-state index contributed by atoms with van der Waals surface area (Å²) in [5, 5.41) is 0. The number of likely N-dealkylation sites (tertiary alicyclic amines) is 1. The highest BCUT2D eigenvalue weighted by Gasteiger charge is 2.21. The Morgan fingerprint density at radius 3 is 2.91 bits per heavy atom. The summed E-state index contributed by atoms with van der Waals surface area (Å²) in [4.78, 5) is 2.26. The molecule has 2 unspecified atom stereocenters. The maximum absolute atomic E-state index is 12.9. The highest BCUT2D eigenvalue weighted by Crippen LogP contribution is 2.16. The number of hydrogen-bond donors (Lipinski definition) is 0. The van der Waals surface area contributed by atoms with Gasteiger partial charge in [-0.15, -0.1) is 0 Å². The molecule has 0 aromatic rings. The summed E-state index contributed by atoms with van der Waals surface area (Å²) in [7, 11) is 0. The lowest BCUT2D eigenvalue weighted by molar-refractivity contribution is 0.104. The smallest absolute Gasteiger partial charge is 0.113 e. The van der Waals surface area contributed by atoms with Crippen LogP contribution in [0.4, 0.5) is 4.39 Å². The zero-order valence-electron chi connectivity index (χ0n) is 7.52. The van der Waals surface area contributed by atoms with Crippen LogP contribution in [0.3, 0.4) is 0 Å². The van der Waals surface area contributed by atoms with Crippen molar-refractivity contribution >= 4 is 0 Å². The van der Waals surface area contributed by atoms with Gasteiger partial charge < -0.3 is 0 Å². The largest absolute Gasteiger partial charge is 0.298 e. The van der Waals surface area contributed by atoms with Crippen LogP contribution >= 0.6 is 0 Å². The lowest BCUT2D eigenvalue weighted by atomic mass is 10.1. The van der Waals surface area contributed by atoms with Crippen LogP contribution in [0.2, 0.25) is 0 Å². The molecule has 1 fully saturated rings. The van der Waals surface area contributed by atoms with E-state index < -0.39 is 6.17 Å². The second-order valence-electron chi connectivity index (χ2n) is 3.49. The Hall–Kier alpha value is -0.110. The minimum Gasteiger partial charge on any atom is -0.298 e. The van der Waals surface area contributed by atoms with Crippen LogP contribution < -0.4 is 0 Å². The molecule has 0 aromatic heterocycles. The molecule has 11 heavy (non-hydrogen) atoms. The Morgan fingerprint density at radius 1 is 1.64 bits per heavy atom. The molecule has 1 rings (SSSR count). The van der Waals surface area contributed by atoms with E-state index in [1.54, 1.807) is 0 Å². The molecule has 0 amide bonds. The molecule has 1 heterocycles. The molecule has 0 aromatic carbocycles. The number of rotatable bonds is 2. The van der Waals surface area contributed by atoms with Crippen molar-refractivity contribution in [3.63, 3.8) is 0 Å². The van der Waals surface area contributed by atoms with Gasteiger partial charge in [-0.3, -0.25) is 4.90 Å². The van der Waals surface area contributed by atoms with Gasteiger partial charge in [-0.05, 0) is 32.7 Å². The van der Waals surface area contributed by atoms with Crippen LogP contribution in [0.1, 0.15) is 33.1 Å². The molecule has 0 spiro atoms. The molecular formula is C9H18FN. The molecule has 66 valence electrons. The quantitative estimate of drug-likeness (QED) is 0.597. The first-order chi connectivity index (χ1) is 5.24. The van der Waals surface area contributed by atoms with Gasteiger partial charge in [-0.25, -0.2) is 4.39 Å². The molecule has 0 aliphatic carbocycles. The Kier molecular flexibility index (Phi) is 3.31. The summed E-state index contributed by atoms with van der Waals surface area (Å²) in [6.07, 6.45) is 2.36. The molecule has 0 radical (unpaired) electrons. The highest BCUT2D eigenvalue weighted by atomic mass is 19.1. The van der Waals surface area contributed by atoms with Crippen LogP contribution in [0.25, 0.3) is 0 Å². The predicted molar refractivity (Wildman–Crippen MR) is 45.5 cm³/mol. The minimum atomic E-state index is -0.572. The van der Waals surface area contributed by atoms with E-state index in [0.717, 1.165) is 25.8 Å². The minimum absolute atomic E-state index is 0.563. The van der Waals surface area contributed by atoms with Crippen molar-refractivity contribution in [2.24, 2.45) is 0 Å². The second-order valence-corrected chi connectivity index (χ2v) is 3.49. The molecule has 1 aliphatic heterocycles. The Morgan fingerprint density at radius 2 is 2.36 bits per heavy atom. The Bertz CT molecular complexity index is 116. The van der Waals surface area contributed by atoms with Gasteiger partial charge in [-0.2, -0.15) is 0 Å². The SMILES string of the molecule is CCC(C)N1CCCC(F)C1. The summed E-state index contributed by atoms with van der Waals surface area (Å²) in [5.41, 5.74) is 0. The fourth-order valence-electron chi connectivity index (χ4n) is 1.61. The highest BCUT2D eigenvalue weighted by molar-refractivity contribution is 4.75. The van der Waals surface area contributed by atoms with Gasteiger partial charge in [0.2, 0.25) is 0 Å². The van der Waals surface area contributed by atoms with Crippen molar-refractivity contribution in [1.82, 2.24) is 4.90 Å². The summed E-state index contributed by atoms with van der Waals surface area (Å²) in [6, 6.07) is 0.563. The van der Waals surface area contributed by atoms with Crippen molar-refractivity contribution in [3.8, 4) is 0 Å². The number of alkyl halides is 1. The van der Waals surface area contributed by atoms with Crippen LogP contribution in [0.5, 0.6) is 0 Å². The van der Waals surface area contributed by atoms with Gasteiger partial charge >= 0.3 is 0 Å². The van der Waals surface area contributed by atoms with E-state index in [-0.39, 0.29) is 0 Å². The first-order valence-electron chi connectivity index (χ1n) is 4.62. The Balaban J connectivity index is 2.33. The van der Waals surface area contributed by atoms with E-state index in [0.29, 0.717) is 12.6 Å². The molecular weight excluding hydrogens is 141 g/mol.